The van der Waals surface area contributed by atoms with Crippen LogP contribution in [0.15, 0.2) is 0 Å². The van der Waals surface area contributed by atoms with Crippen LogP contribution in [0.4, 0.5) is 0 Å². The van der Waals surface area contributed by atoms with Crippen molar-refractivity contribution in [3.05, 3.63) is 0 Å². The van der Waals surface area contributed by atoms with E-state index in [-0.39, 0.29) is 12.5 Å². The summed E-state index contributed by atoms with van der Waals surface area (Å²) in [5.74, 6) is -0.172. The first kappa shape index (κ1) is 29.4. The molecular formula is C25H51NO4. The molecule has 30 heavy (non-hydrogen) atoms. The molecule has 0 bridgehead atoms. The summed E-state index contributed by atoms with van der Waals surface area (Å²) in [6.45, 7) is 3.96. The van der Waals surface area contributed by atoms with E-state index in [0.717, 1.165) is 38.5 Å². The van der Waals surface area contributed by atoms with Gasteiger partial charge >= 0.3 is 0 Å². The summed E-state index contributed by atoms with van der Waals surface area (Å²) in [7, 11) is 0. The van der Waals surface area contributed by atoms with Crippen molar-refractivity contribution in [1.29, 1.82) is 0 Å². The maximum absolute atomic E-state index is 11.9. The number of hydrogen-bond acceptors (Lipinski definition) is 4. The van der Waals surface area contributed by atoms with Crippen molar-refractivity contribution in [3.63, 3.8) is 0 Å². The molecule has 0 aliphatic carbocycles. The lowest BCUT2D eigenvalue weighted by Gasteiger charge is -2.26. The molecule has 0 aromatic carbocycles. The number of rotatable bonds is 22. The maximum Gasteiger partial charge on any atom is 0.220 e. The second kappa shape index (κ2) is 21.6. The number of unbranched alkanes of at least 4 members (excludes halogenated alkanes) is 14. The van der Waals surface area contributed by atoms with Crippen LogP contribution in [-0.4, -0.2) is 46.1 Å². The van der Waals surface area contributed by atoms with Gasteiger partial charge < -0.3 is 20.6 Å². The SMILES string of the molecule is CCCCCCCCCCCCCCCC(O)C(O)C(CO)NC(=O)CCCCC. The first-order valence-electron chi connectivity index (χ1n) is 12.8. The number of hydrogen-bond donors (Lipinski definition) is 4. The molecule has 0 saturated heterocycles. The van der Waals surface area contributed by atoms with Crippen molar-refractivity contribution in [2.24, 2.45) is 0 Å². The zero-order valence-corrected chi connectivity index (χ0v) is 19.9. The predicted octanol–water partition coefficient (Wildman–Crippen LogP) is 5.25. The molecule has 0 aliphatic rings. The van der Waals surface area contributed by atoms with Crippen molar-refractivity contribution in [3.8, 4) is 0 Å². The minimum atomic E-state index is -1.12. The van der Waals surface area contributed by atoms with Gasteiger partial charge in [0.05, 0.1) is 18.8 Å². The molecule has 0 spiro atoms. The molecule has 3 unspecified atom stereocenters. The minimum absolute atomic E-state index is 0.172. The number of aliphatic hydroxyl groups is 3. The van der Waals surface area contributed by atoms with Crippen molar-refractivity contribution < 1.29 is 20.1 Å². The third-order valence-electron chi connectivity index (χ3n) is 5.96. The fourth-order valence-electron chi connectivity index (χ4n) is 3.86. The van der Waals surface area contributed by atoms with Crippen molar-refractivity contribution in [2.75, 3.05) is 6.61 Å². The van der Waals surface area contributed by atoms with Gasteiger partial charge in [-0.1, -0.05) is 110 Å². The number of amides is 1. The van der Waals surface area contributed by atoms with Gasteiger partial charge in [-0.05, 0) is 12.8 Å². The third-order valence-corrected chi connectivity index (χ3v) is 5.96. The Morgan fingerprint density at radius 3 is 1.60 bits per heavy atom. The molecule has 5 nitrogen and oxygen atoms in total. The summed E-state index contributed by atoms with van der Waals surface area (Å²) in [6, 6.07) is -0.795. The average Bonchev–Trinajstić information content (AvgIpc) is 2.74. The molecule has 0 rings (SSSR count). The average molecular weight is 430 g/mol. The van der Waals surface area contributed by atoms with E-state index >= 15 is 0 Å². The molecule has 3 atom stereocenters. The third kappa shape index (κ3) is 17.1. The van der Waals surface area contributed by atoms with Crippen LogP contribution >= 0.6 is 0 Å². The van der Waals surface area contributed by atoms with Crippen LogP contribution in [0, 0.1) is 0 Å². The molecule has 1 amide bonds. The Balaban J connectivity index is 3.69. The van der Waals surface area contributed by atoms with Gasteiger partial charge in [-0.3, -0.25) is 4.79 Å². The van der Waals surface area contributed by atoms with Gasteiger partial charge in [-0.25, -0.2) is 0 Å². The fourth-order valence-corrected chi connectivity index (χ4v) is 3.86. The number of nitrogens with one attached hydrogen (secondary N) is 1. The van der Waals surface area contributed by atoms with Crippen LogP contribution in [0.2, 0.25) is 0 Å². The van der Waals surface area contributed by atoms with Crippen molar-refractivity contribution in [2.45, 2.75) is 148 Å². The van der Waals surface area contributed by atoms with E-state index in [4.69, 9.17) is 0 Å². The molecule has 0 radical (unpaired) electrons. The first-order chi connectivity index (χ1) is 14.6. The monoisotopic (exact) mass is 429 g/mol. The summed E-state index contributed by atoms with van der Waals surface area (Å²) >= 11 is 0. The molecule has 4 N–H and O–H groups in total. The Morgan fingerprint density at radius 1 is 0.700 bits per heavy atom. The van der Waals surface area contributed by atoms with E-state index in [1.807, 2.05) is 0 Å². The molecule has 0 fully saturated rings. The Labute approximate surface area is 186 Å². The van der Waals surface area contributed by atoms with Gasteiger partial charge in [0.15, 0.2) is 0 Å². The molecule has 180 valence electrons. The minimum Gasteiger partial charge on any atom is -0.394 e. The topological polar surface area (TPSA) is 89.8 Å². The van der Waals surface area contributed by atoms with Crippen LogP contribution in [0.3, 0.4) is 0 Å². The first-order valence-corrected chi connectivity index (χ1v) is 12.8. The number of aliphatic hydroxyl groups excluding tert-OH is 3. The van der Waals surface area contributed by atoms with Crippen LogP contribution in [0.25, 0.3) is 0 Å². The highest BCUT2D eigenvalue weighted by atomic mass is 16.3. The van der Waals surface area contributed by atoms with E-state index in [2.05, 4.69) is 19.2 Å². The lowest BCUT2D eigenvalue weighted by atomic mass is 9.99. The van der Waals surface area contributed by atoms with Gasteiger partial charge in [0.1, 0.15) is 6.10 Å². The van der Waals surface area contributed by atoms with E-state index in [0.29, 0.717) is 12.8 Å². The Morgan fingerprint density at radius 2 is 1.13 bits per heavy atom. The van der Waals surface area contributed by atoms with E-state index in [1.165, 1.54) is 64.2 Å². The smallest absolute Gasteiger partial charge is 0.220 e. The quantitative estimate of drug-likeness (QED) is 0.177. The van der Waals surface area contributed by atoms with Gasteiger partial charge in [0, 0.05) is 6.42 Å². The van der Waals surface area contributed by atoms with Crippen molar-refractivity contribution >= 4 is 5.91 Å². The molecule has 0 aromatic heterocycles. The van der Waals surface area contributed by atoms with Gasteiger partial charge in [0.2, 0.25) is 5.91 Å². The maximum atomic E-state index is 11.9. The van der Waals surface area contributed by atoms with Gasteiger partial charge in [-0.15, -0.1) is 0 Å². The van der Waals surface area contributed by atoms with E-state index < -0.39 is 18.2 Å². The van der Waals surface area contributed by atoms with E-state index in [1.54, 1.807) is 0 Å². The molecule has 0 aliphatic heterocycles. The van der Waals surface area contributed by atoms with Crippen LogP contribution in [0.5, 0.6) is 0 Å². The summed E-state index contributed by atoms with van der Waals surface area (Å²) in [5, 5.41) is 32.6. The lowest BCUT2D eigenvalue weighted by Crippen LogP contribution is -2.50. The standard InChI is InChI=1S/C25H51NO4/c1-3-5-7-8-9-10-11-12-13-14-15-16-18-19-23(28)25(30)22(21-27)26-24(29)20-17-6-4-2/h22-23,25,27-28,30H,3-21H2,1-2H3,(H,26,29). The van der Waals surface area contributed by atoms with Crippen molar-refractivity contribution in [1.82, 2.24) is 5.32 Å². The molecule has 0 heterocycles. The summed E-state index contributed by atoms with van der Waals surface area (Å²) in [5.41, 5.74) is 0. The predicted molar refractivity (Wildman–Crippen MR) is 125 cm³/mol. The molecular weight excluding hydrogens is 378 g/mol. The molecule has 0 saturated carbocycles. The zero-order chi connectivity index (χ0) is 22.5. The van der Waals surface area contributed by atoms with E-state index in [9.17, 15) is 20.1 Å². The summed E-state index contributed by atoms with van der Waals surface area (Å²) in [6.07, 6.45) is 18.2. The Bertz CT molecular complexity index is 378. The highest BCUT2D eigenvalue weighted by molar-refractivity contribution is 5.76. The molecule has 5 heteroatoms. The lowest BCUT2D eigenvalue weighted by molar-refractivity contribution is -0.124. The normalized spacial score (nSPS) is 14.4. The number of carbonyl (C=O) groups excluding carboxylic acids is 1. The second-order valence-electron chi connectivity index (χ2n) is 8.90. The Hall–Kier alpha value is -0.650. The largest absolute Gasteiger partial charge is 0.394 e. The highest BCUT2D eigenvalue weighted by Crippen LogP contribution is 2.15. The van der Waals surface area contributed by atoms with Crippen LogP contribution in [-0.2, 0) is 4.79 Å². The molecule has 0 aromatic rings. The van der Waals surface area contributed by atoms with Crippen LogP contribution < -0.4 is 5.32 Å². The summed E-state index contributed by atoms with van der Waals surface area (Å²) in [4.78, 5) is 11.9. The highest BCUT2D eigenvalue weighted by Gasteiger charge is 2.26. The zero-order valence-electron chi connectivity index (χ0n) is 19.9. The Kier molecular flexibility index (Phi) is 21.1. The summed E-state index contributed by atoms with van der Waals surface area (Å²) < 4.78 is 0. The number of carbonyl (C=O) groups is 1. The van der Waals surface area contributed by atoms with Gasteiger partial charge in [-0.2, -0.15) is 0 Å². The second-order valence-corrected chi connectivity index (χ2v) is 8.90. The fraction of sp³-hybridized carbons (Fsp3) is 0.960. The van der Waals surface area contributed by atoms with Gasteiger partial charge in [0.25, 0.3) is 0 Å². The van der Waals surface area contributed by atoms with Crippen LogP contribution in [0.1, 0.15) is 129 Å².